The number of aliphatic hydroxyl groups is 1. The van der Waals surface area contributed by atoms with Gasteiger partial charge < -0.3 is 9.84 Å². The fraction of sp³-hybridized carbons (Fsp3) is 0.385. The van der Waals surface area contributed by atoms with Crippen LogP contribution in [0.2, 0.25) is 0 Å². The molecule has 6 heteroatoms. The van der Waals surface area contributed by atoms with Crippen molar-refractivity contribution in [1.29, 1.82) is 0 Å². The largest absolute Gasteiger partial charge is 0.462 e. The Morgan fingerprint density at radius 1 is 1.58 bits per heavy atom. The van der Waals surface area contributed by atoms with Gasteiger partial charge in [0.25, 0.3) is 5.56 Å². The van der Waals surface area contributed by atoms with E-state index in [1.165, 1.54) is 16.7 Å². The van der Waals surface area contributed by atoms with Crippen molar-refractivity contribution in [3.05, 3.63) is 40.2 Å². The number of pyridine rings is 1. The lowest BCUT2D eigenvalue weighted by atomic mass is 10.1. The third kappa shape index (κ3) is 2.33. The predicted molar refractivity (Wildman–Crippen MR) is 72.4 cm³/mol. The molecule has 0 saturated heterocycles. The van der Waals surface area contributed by atoms with Crippen molar-refractivity contribution in [3.8, 4) is 0 Å². The fourth-order valence-corrected chi connectivity index (χ4v) is 3.36. The summed E-state index contributed by atoms with van der Waals surface area (Å²) in [6, 6.07) is 2.23. The third-order valence-electron chi connectivity index (χ3n) is 2.86. The highest BCUT2D eigenvalue weighted by molar-refractivity contribution is 8.00. The van der Waals surface area contributed by atoms with Crippen molar-refractivity contribution in [2.75, 3.05) is 6.61 Å². The van der Waals surface area contributed by atoms with Crippen LogP contribution in [0.5, 0.6) is 0 Å². The van der Waals surface area contributed by atoms with E-state index in [0.717, 1.165) is 11.8 Å². The maximum Gasteiger partial charge on any atom is 0.340 e. The Morgan fingerprint density at radius 2 is 2.26 bits per heavy atom. The molecule has 0 spiro atoms. The van der Waals surface area contributed by atoms with E-state index in [1.807, 2.05) is 0 Å². The number of carbonyl (C=O) groups is 1. The number of rotatable bonds is 3. The van der Waals surface area contributed by atoms with E-state index in [-0.39, 0.29) is 12.2 Å². The molecule has 5 nitrogen and oxygen atoms in total. The first-order valence-corrected chi connectivity index (χ1v) is 6.78. The Bertz CT molecular complexity index is 593. The molecule has 2 rings (SSSR count). The minimum atomic E-state index is -0.819. The van der Waals surface area contributed by atoms with Gasteiger partial charge in [0.1, 0.15) is 5.44 Å². The number of thioether (sulfide) groups is 1. The molecular weight excluding hydrogens is 266 g/mol. The van der Waals surface area contributed by atoms with Crippen LogP contribution in [0.25, 0.3) is 0 Å². The summed E-state index contributed by atoms with van der Waals surface area (Å²) in [7, 11) is 0. The van der Waals surface area contributed by atoms with Crippen molar-refractivity contribution in [2.45, 2.75) is 30.4 Å². The number of fused-ring (bicyclic) bond motifs is 1. The Hall–Kier alpha value is -1.53. The van der Waals surface area contributed by atoms with E-state index in [2.05, 4.69) is 6.58 Å². The van der Waals surface area contributed by atoms with Gasteiger partial charge in [-0.3, -0.25) is 9.36 Å². The summed E-state index contributed by atoms with van der Waals surface area (Å²) in [5, 5.41) is 10.5. The lowest BCUT2D eigenvalue weighted by Gasteiger charge is -2.16. The van der Waals surface area contributed by atoms with Crippen LogP contribution in [0.15, 0.2) is 34.1 Å². The molecule has 2 unspecified atom stereocenters. The Kier molecular flexibility index (Phi) is 3.82. The van der Waals surface area contributed by atoms with Crippen LogP contribution in [0.4, 0.5) is 0 Å². The molecular formula is C13H15NO4S. The summed E-state index contributed by atoms with van der Waals surface area (Å²) in [5.74, 6) is -0.492. The topological polar surface area (TPSA) is 68.5 Å². The molecule has 2 atom stereocenters. The molecule has 102 valence electrons. The second kappa shape index (κ2) is 5.22. The number of ether oxygens (including phenoxy) is 1. The third-order valence-corrected chi connectivity index (χ3v) is 4.00. The first-order chi connectivity index (χ1) is 8.97. The minimum Gasteiger partial charge on any atom is -0.462 e. The molecule has 1 aromatic heterocycles. The molecule has 19 heavy (non-hydrogen) atoms. The maximum absolute atomic E-state index is 11.9. The molecule has 0 aromatic carbocycles. The highest BCUT2D eigenvalue weighted by Crippen LogP contribution is 2.41. The lowest BCUT2D eigenvalue weighted by Crippen LogP contribution is -2.27. The zero-order chi connectivity index (χ0) is 14.2. The van der Waals surface area contributed by atoms with Crippen LogP contribution in [-0.2, 0) is 4.74 Å². The van der Waals surface area contributed by atoms with E-state index in [0.29, 0.717) is 16.2 Å². The SMILES string of the molecule is C=C(C)C1C(O)Sc2c(C(=O)OCC)ccc(=O)n21. The van der Waals surface area contributed by atoms with Gasteiger partial charge in [0.05, 0.1) is 23.2 Å². The van der Waals surface area contributed by atoms with Gasteiger partial charge >= 0.3 is 5.97 Å². The van der Waals surface area contributed by atoms with Gasteiger partial charge in [0.2, 0.25) is 0 Å². The number of aromatic nitrogens is 1. The van der Waals surface area contributed by atoms with Crippen LogP contribution in [-0.4, -0.2) is 27.7 Å². The molecule has 1 aliphatic heterocycles. The molecule has 2 heterocycles. The maximum atomic E-state index is 11.9. The standard InChI is InChI=1S/C13H15NO4S/c1-4-18-12(16)8-5-6-9(15)14-10(7(2)3)13(17)19-11(8)14/h5-6,10,13,17H,2,4H2,1,3H3. The first kappa shape index (κ1) is 13.9. The predicted octanol–water partition coefficient (Wildman–Crippen LogP) is 1.57. The number of carbonyl (C=O) groups excluding carboxylic acids is 1. The second-order valence-corrected chi connectivity index (χ2v) is 5.39. The average Bonchev–Trinajstić information content (AvgIpc) is 2.67. The summed E-state index contributed by atoms with van der Waals surface area (Å²) >= 11 is 1.08. The van der Waals surface area contributed by atoms with Gasteiger partial charge in [0, 0.05) is 6.07 Å². The highest BCUT2D eigenvalue weighted by Gasteiger charge is 2.36. The number of esters is 1. The second-order valence-electron chi connectivity index (χ2n) is 4.28. The van der Waals surface area contributed by atoms with Gasteiger partial charge in [-0.1, -0.05) is 23.9 Å². The van der Waals surface area contributed by atoms with E-state index in [1.54, 1.807) is 13.8 Å². The van der Waals surface area contributed by atoms with Crippen molar-refractivity contribution in [2.24, 2.45) is 0 Å². The lowest BCUT2D eigenvalue weighted by molar-refractivity contribution is 0.0520. The number of hydrogen-bond donors (Lipinski definition) is 1. The molecule has 0 aliphatic carbocycles. The quantitative estimate of drug-likeness (QED) is 0.672. The number of aliphatic hydroxyl groups excluding tert-OH is 1. The van der Waals surface area contributed by atoms with E-state index in [4.69, 9.17) is 4.74 Å². The van der Waals surface area contributed by atoms with Gasteiger partial charge in [-0.2, -0.15) is 0 Å². The summed E-state index contributed by atoms with van der Waals surface area (Å²) < 4.78 is 6.36. The van der Waals surface area contributed by atoms with E-state index in [9.17, 15) is 14.7 Å². The van der Waals surface area contributed by atoms with Crippen molar-refractivity contribution >= 4 is 17.7 Å². The van der Waals surface area contributed by atoms with E-state index < -0.39 is 17.4 Å². The number of nitrogens with zero attached hydrogens (tertiary/aromatic N) is 1. The Labute approximate surface area is 114 Å². The van der Waals surface area contributed by atoms with Gasteiger partial charge in [0.15, 0.2) is 0 Å². The van der Waals surface area contributed by atoms with Crippen molar-refractivity contribution in [3.63, 3.8) is 0 Å². The zero-order valence-corrected chi connectivity index (χ0v) is 11.6. The summed E-state index contributed by atoms with van der Waals surface area (Å²) in [5.41, 5.74) is -0.114. The van der Waals surface area contributed by atoms with Crippen LogP contribution >= 0.6 is 11.8 Å². The normalized spacial score (nSPS) is 21.0. The molecule has 0 fully saturated rings. The molecule has 1 aliphatic rings. The number of hydrogen-bond acceptors (Lipinski definition) is 5. The van der Waals surface area contributed by atoms with Crippen molar-refractivity contribution < 1.29 is 14.6 Å². The molecule has 0 radical (unpaired) electrons. The van der Waals surface area contributed by atoms with Gasteiger partial charge in [-0.25, -0.2) is 4.79 Å². The van der Waals surface area contributed by atoms with E-state index >= 15 is 0 Å². The average molecular weight is 281 g/mol. The summed E-state index contributed by atoms with van der Waals surface area (Å²) in [4.78, 5) is 23.8. The van der Waals surface area contributed by atoms with Crippen LogP contribution in [0.3, 0.4) is 0 Å². The summed E-state index contributed by atoms with van der Waals surface area (Å²) in [6.07, 6.45) is 0. The molecule has 0 amide bonds. The summed E-state index contributed by atoms with van der Waals surface area (Å²) in [6.45, 7) is 7.50. The van der Waals surface area contributed by atoms with Gasteiger partial charge in [-0.05, 0) is 19.9 Å². The smallest absolute Gasteiger partial charge is 0.340 e. The highest BCUT2D eigenvalue weighted by atomic mass is 32.2. The first-order valence-electron chi connectivity index (χ1n) is 5.90. The zero-order valence-electron chi connectivity index (χ0n) is 10.8. The Morgan fingerprint density at radius 3 is 2.84 bits per heavy atom. The molecule has 0 bridgehead atoms. The van der Waals surface area contributed by atoms with Crippen molar-refractivity contribution in [1.82, 2.24) is 4.57 Å². The monoisotopic (exact) mass is 281 g/mol. The molecule has 0 saturated carbocycles. The Balaban J connectivity index is 2.58. The van der Waals surface area contributed by atoms with Crippen LogP contribution < -0.4 is 5.56 Å². The van der Waals surface area contributed by atoms with Gasteiger partial charge in [-0.15, -0.1) is 0 Å². The molecule has 1 N–H and O–H groups in total. The van der Waals surface area contributed by atoms with Crippen LogP contribution in [0.1, 0.15) is 30.2 Å². The van der Waals surface area contributed by atoms with Crippen LogP contribution in [0, 0.1) is 0 Å². The fourth-order valence-electron chi connectivity index (χ4n) is 2.05. The minimum absolute atomic E-state index is 0.258. The molecule has 1 aromatic rings.